The molecule has 0 aliphatic heterocycles. The Bertz CT molecular complexity index is 1610. The molecule has 0 aliphatic rings. The fourth-order valence-corrected chi connectivity index (χ4v) is 3.86. The molecule has 9 nitrogen and oxygen atoms in total. The summed E-state index contributed by atoms with van der Waals surface area (Å²) in [6, 6.07) is 12.3. The molecule has 6 aromatic rings. The van der Waals surface area contributed by atoms with Gasteiger partial charge in [-0.1, -0.05) is 12.1 Å². The minimum atomic E-state index is -0.262. The molecule has 0 unspecified atom stereocenters. The molecule has 1 aromatic carbocycles. The first kappa shape index (κ1) is 19.1. The van der Waals surface area contributed by atoms with Crippen LogP contribution < -0.4 is 5.32 Å². The number of nitrogens with zero attached hydrogens (tertiary/aromatic N) is 8. The van der Waals surface area contributed by atoms with Crippen LogP contribution in [0.5, 0.6) is 0 Å². The number of nitrogens with one attached hydrogen (secondary N) is 1. The van der Waals surface area contributed by atoms with Crippen LogP contribution in [0, 0.1) is 5.82 Å². The van der Waals surface area contributed by atoms with Gasteiger partial charge in [0.05, 0.1) is 17.4 Å². The maximum Gasteiger partial charge on any atom is 0.228 e. The van der Waals surface area contributed by atoms with Crippen LogP contribution in [0.3, 0.4) is 0 Å². The van der Waals surface area contributed by atoms with E-state index in [-0.39, 0.29) is 5.82 Å². The first-order chi connectivity index (χ1) is 16.1. The Morgan fingerprint density at radius 3 is 2.82 bits per heavy atom. The molecule has 0 saturated heterocycles. The van der Waals surface area contributed by atoms with Crippen molar-refractivity contribution in [3.8, 4) is 11.3 Å². The topological polar surface area (TPSA) is 90.2 Å². The van der Waals surface area contributed by atoms with Gasteiger partial charge in [-0.05, 0) is 29.8 Å². The van der Waals surface area contributed by atoms with Gasteiger partial charge in [0.2, 0.25) is 5.95 Å². The molecule has 1 N–H and O–H groups in total. The first-order valence-corrected chi connectivity index (χ1v) is 10.3. The van der Waals surface area contributed by atoms with Gasteiger partial charge < -0.3 is 9.72 Å². The Balaban J connectivity index is 1.36. The normalized spacial score (nSPS) is 11.5. The summed E-state index contributed by atoms with van der Waals surface area (Å²) in [6.45, 7) is 0. The number of anilines is 2. The van der Waals surface area contributed by atoms with Crippen LogP contribution in [0.15, 0.2) is 73.4 Å². The number of hydrogen-bond donors (Lipinski definition) is 1. The SMILES string of the molecule is Cn1nccc1Nc1nccc(-c2cc3c4nnc(Cc5cccc(F)c5)n4ccn3c2)n1. The average molecular weight is 439 g/mol. The summed E-state index contributed by atoms with van der Waals surface area (Å²) < 4.78 is 19.2. The molecular formula is C23H18FN9. The third kappa shape index (κ3) is 3.47. The van der Waals surface area contributed by atoms with Gasteiger partial charge in [-0.3, -0.25) is 9.08 Å². The van der Waals surface area contributed by atoms with Crippen molar-refractivity contribution in [2.24, 2.45) is 7.05 Å². The first-order valence-electron chi connectivity index (χ1n) is 10.3. The van der Waals surface area contributed by atoms with E-state index in [4.69, 9.17) is 0 Å². The molecule has 10 heteroatoms. The van der Waals surface area contributed by atoms with Crippen LogP contribution in [0.4, 0.5) is 16.2 Å². The third-order valence-corrected chi connectivity index (χ3v) is 5.48. The monoisotopic (exact) mass is 439 g/mol. The Kier molecular flexibility index (Phi) is 4.35. The van der Waals surface area contributed by atoms with Crippen molar-refractivity contribution in [2.75, 3.05) is 5.32 Å². The van der Waals surface area contributed by atoms with Gasteiger partial charge in [-0.15, -0.1) is 10.2 Å². The van der Waals surface area contributed by atoms with Crippen molar-refractivity contribution >= 4 is 22.9 Å². The van der Waals surface area contributed by atoms with Gasteiger partial charge in [0.25, 0.3) is 0 Å². The number of aryl methyl sites for hydroxylation is 1. The van der Waals surface area contributed by atoms with Crippen LogP contribution in [-0.2, 0) is 13.5 Å². The summed E-state index contributed by atoms with van der Waals surface area (Å²) in [7, 11) is 1.85. The molecule has 0 spiro atoms. The summed E-state index contributed by atoms with van der Waals surface area (Å²) in [6.07, 6.45) is 9.76. The van der Waals surface area contributed by atoms with E-state index in [9.17, 15) is 4.39 Å². The van der Waals surface area contributed by atoms with Gasteiger partial charge in [0.1, 0.15) is 17.5 Å². The standard InChI is InChI=1S/C23H18FN9/c1-31-20(6-8-26-31)28-23-25-7-5-18(27-23)16-13-19-22-30-29-21(33(22)10-9-32(19)14-16)12-15-3-2-4-17(24)11-15/h2-11,13-14H,12H2,1H3,(H,25,27,28). The Morgan fingerprint density at radius 1 is 1.03 bits per heavy atom. The fourth-order valence-electron chi connectivity index (χ4n) is 3.86. The van der Waals surface area contributed by atoms with Crippen molar-refractivity contribution in [1.29, 1.82) is 0 Å². The molecule has 6 rings (SSSR count). The second-order valence-corrected chi connectivity index (χ2v) is 7.67. The van der Waals surface area contributed by atoms with E-state index >= 15 is 0 Å². The van der Waals surface area contributed by atoms with E-state index in [0.29, 0.717) is 12.4 Å². The molecule has 0 radical (unpaired) electrons. The highest BCUT2D eigenvalue weighted by Crippen LogP contribution is 2.25. The van der Waals surface area contributed by atoms with Crippen LogP contribution in [0.25, 0.3) is 22.4 Å². The number of hydrogen-bond acceptors (Lipinski definition) is 6. The highest BCUT2D eigenvalue weighted by Gasteiger charge is 2.13. The molecule has 0 bridgehead atoms. The van der Waals surface area contributed by atoms with Gasteiger partial charge in [-0.2, -0.15) is 5.10 Å². The lowest BCUT2D eigenvalue weighted by Gasteiger charge is -2.05. The summed E-state index contributed by atoms with van der Waals surface area (Å²) in [5.74, 6) is 1.76. The van der Waals surface area contributed by atoms with Gasteiger partial charge in [-0.25, -0.2) is 14.4 Å². The molecule has 162 valence electrons. The van der Waals surface area contributed by atoms with Gasteiger partial charge in [0, 0.05) is 49.9 Å². The van der Waals surface area contributed by atoms with Gasteiger partial charge >= 0.3 is 0 Å². The summed E-state index contributed by atoms with van der Waals surface area (Å²) in [5.41, 5.74) is 4.15. The maximum atomic E-state index is 13.6. The van der Waals surface area contributed by atoms with Crippen molar-refractivity contribution in [1.82, 2.24) is 38.7 Å². The van der Waals surface area contributed by atoms with E-state index in [1.165, 1.54) is 12.1 Å². The van der Waals surface area contributed by atoms with E-state index in [1.807, 2.05) is 58.7 Å². The second-order valence-electron chi connectivity index (χ2n) is 7.67. The fraction of sp³-hybridized carbons (Fsp3) is 0.0870. The smallest absolute Gasteiger partial charge is 0.228 e. The summed E-state index contributed by atoms with van der Waals surface area (Å²) in [5, 5.41) is 16.1. The molecule has 0 atom stereocenters. The van der Waals surface area contributed by atoms with Crippen molar-refractivity contribution in [2.45, 2.75) is 6.42 Å². The summed E-state index contributed by atoms with van der Waals surface area (Å²) >= 11 is 0. The quantitative estimate of drug-likeness (QED) is 0.441. The molecular weight excluding hydrogens is 421 g/mol. The minimum Gasteiger partial charge on any atom is -0.318 e. The zero-order chi connectivity index (χ0) is 22.4. The van der Waals surface area contributed by atoms with Crippen LogP contribution in [0.2, 0.25) is 0 Å². The Hall–Kier alpha value is -4.60. The summed E-state index contributed by atoms with van der Waals surface area (Å²) in [4.78, 5) is 8.96. The zero-order valence-electron chi connectivity index (χ0n) is 17.6. The average Bonchev–Trinajstić information content (AvgIpc) is 3.53. The lowest BCUT2D eigenvalue weighted by molar-refractivity contribution is 0.625. The van der Waals surface area contributed by atoms with Crippen LogP contribution in [0.1, 0.15) is 11.4 Å². The number of rotatable bonds is 5. The predicted octanol–water partition coefficient (Wildman–Crippen LogP) is 3.65. The molecule has 0 saturated carbocycles. The van der Waals surface area contributed by atoms with E-state index < -0.39 is 0 Å². The van der Waals surface area contributed by atoms with Crippen molar-refractivity contribution in [3.63, 3.8) is 0 Å². The maximum absolute atomic E-state index is 13.6. The van der Waals surface area contributed by atoms with Crippen LogP contribution in [-0.4, -0.2) is 38.7 Å². The number of halogens is 1. The second kappa shape index (κ2) is 7.52. The lowest BCUT2D eigenvalue weighted by Crippen LogP contribution is -2.02. The van der Waals surface area contributed by atoms with Crippen molar-refractivity contribution < 1.29 is 4.39 Å². The van der Waals surface area contributed by atoms with E-state index in [1.54, 1.807) is 23.1 Å². The molecule has 0 fully saturated rings. The largest absolute Gasteiger partial charge is 0.318 e. The number of fused-ring (bicyclic) bond motifs is 3. The molecule has 33 heavy (non-hydrogen) atoms. The third-order valence-electron chi connectivity index (χ3n) is 5.48. The zero-order valence-corrected chi connectivity index (χ0v) is 17.6. The minimum absolute atomic E-state index is 0.262. The predicted molar refractivity (Wildman–Crippen MR) is 121 cm³/mol. The molecule has 0 amide bonds. The Morgan fingerprint density at radius 2 is 1.97 bits per heavy atom. The molecule has 5 heterocycles. The molecule has 0 aliphatic carbocycles. The van der Waals surface area contributed by atoms with Crippen LogP contribution >= 0.6 is 0 Å². The number of benzene rings is 1. The van der Waals surface area contributed by atoms with E-state index in [2.05, 4.69) is 30.6 Å². The number of aromatic nitrogens is 8. The van der Waals surface area contributed by atoms with E-state index in [0.717, 1.165) is 39.6 Å². The molecule has 5 aromatic heterocycles. The highest BCUT2D eigenvalue weighted by atomic mass is 19.1. The van der Waals surface area contributed by atoms with Crippen molar-refractivity contribution in [3.05, 3.63) is 90.7 Å². The van der Waals surface area contributed by atoms with Gasteiger partial charge in [0.15, 0.2) is 5.65 Å². The highest BCUT2D eigenvalue weighted by molar-refractivity contribution is 5.78. The Labute approximate surface area is 187 Å². The lowest BCUT2D eigenvalue weighted by atomic mass is 10.1.